The maximum Gasteiger partial charge on any atom is 0.340 e. The van der Waals surface area contributed by atoms with Crippen LogP contribution < -0.4 is 5.32 Å². The number of benzene rings is 1. The van der Waals surface area contributed by atoms with Crippen molar-refractivity contribution < 1.29 is 19.1 Å². The Morgan fingerprint density at radius 2 is 1.78 bits per heavy atom. The fourth-order valence-electron chi connectivity index (χ4n) is 2.13. The van der Waals surface area contributed by atoms with Crippen LogP contribution in [0.25, 0.3) is 0 Å². The number of esters is 1. The summed E-state index contributed by atoms with van der Waals surface area (Å²) in [6.45, 7) is 8.87. The fraction of sp³-hybridized carbons (Fsp3) is 0.471. The van der Waals surface area contributed by atoms with Gasteiger partial charge >= 0.3 is 5.97 Å². The third kappa shape index (κ3) is 5.39. The van der Waals surface area contributed by atoms with E-state index in [1.54, 1.807) is 31.2 Å². The number of rotatable bonds is 5. The summed E-state index contributed by atoms with van der Waals surface area (Å²) in [6, 6.07) is 6.61. The first-order valence-corrected chi connectivity index (χ1v) is 7.51. The predicted molar refractivity (Wildman–Crippen MR) is 88.2 cm³/mol. The summed E-state index contributed by atoms with van der Waals surface area (Å²) in [4.78, 5) is 37.3. The molecular formula is C17H24N2O4. The van der Waals surface area contributed by atoms with Gasteiger partial charge in [0.15, 0.2) is 0 Å². The molecule has 6 nitrogen and oxygen atoms in total. The summed E-state index contributed by atoms with van der Waals surface area (Å²) in [6.07, 6.45) is 0. The van der Waals surface area contributed by atoms with E-state index >= 15 is 0 Å². The lowest BCUT2D eigenvalue weighted by molar-refractivity contribution is -0.137. The number of ether oxygens (including phenoxy) is 1. The second kappa shape index (κ2) is 7.76. The molecule has 0 heterocycles. The van der Waals surface area contributed by atoms with Crippen molar-refractivity contribution in [2.24, 2.45) is 0 Å². The molecule has 0 bridgehead atoms. The largest absolute Gasteiger partial charge is 0.462 e. The van der Waals surface area contributed by atoms with E-state index in [1.807, 2.05) is 20.8 Å². The molecule has 0 aliphatic rings. The third-order valence-corrected chi connectivity index (χ3v) is 3.19. The zero-order valence-corrected chi connectivity index (χ0v) is 14.3. The Balaban J connectivity index is 2.90. The molecule has 1 rings (SSSR count). The van der Waals surface area contributed by atoms with Gasteiger partial charge in [-0.05, 0) is 39.8 Å². The normalized spacial score (nSPS) is 10.8. The smallest absolute Gasteiger partial charge is 0.340 e. The lowest BCUT2D eigenvalue weighted by Gasteiger charge is -2.34. The molecule has 0 aromatic heterocycles. The Morgan fingerprint density at radius 1 is 1.17 bits per heavy atom. The molecule has 6 heteroatoms. The number of carbonyl (C=O) groups is 3. The van der Waals surface area contributed by atoms with Gasteiger partial charge in [-0.15, -0.1) is 0 Å². The van der Waals surface area contributed by atoms with E-state index in [4.69, 9.17) is 4.74 Å². The molecule has 0 aliphatic heterocycles. The minimum Gasteiger partial charge on any atom is -0.462 e. The molecule has 0 aliphatic carbocycles. The highest BCUT2D eigenvalue weighted by molar-refractivity contribution is 6.02. The minimum atomic E-state index is -0.498. The van der Waals surface area contributed by atoms with Crippen molar-refractivity contribution in [3.63, 3.8) is 0 Å². The number of hydrogen-bond acceptors (Lipinski definition) is 4. The van der Waals surface area contributed by atoms with E-state index in [2.05, 4.69) is 5.32 Å². The Kier molecular flexibility index (Phi) is 6.30. The molecule has 0 spiro atoms. The van der Waals surface area contributed by atoms with Crippen LogP contribution in [0, 0.1) is 0 Å². The van der Waals surface area contributed by atoms with E-state index in [1.165, 1.54) is 11.8 Å². The van der Waals surface area contributed by atoms with Crippen molar-refractivity contribution in [2.75, 3.05) is 18.5 Å². The molecule has 126 valence electrons. The highest BCUT2D eigenvalue weighted by Crippen LogP contribution is 2.18. The molecule has 2 amide bonds. The van der Waals surface area contributed by atoms with Crippen LogP contribution in [0.3, 0.4) is 0 Å². The molecule has 1 aromatic rings. The molecule has 0 saturated heterocycles. The maximum atomic E-state index is 12.2. The van der Waals surface area contributed by atoms with E-state index in [-0.39, 0.29) is 30.5 Å². The highest BCUT2D eigenvalue weighted by Gasteiger charge is 2.26. The monoisotopic (exact) mass is 320 g/mol. The van der Waals surface area contributed by atoms with E-state index < -0.39 is 11.5 Å². The van der Waals surface area contributed by atoms with Gasteiger partial charge in [-0.3, -0.25) is 9.59 Å². The standard InChI is InChI=1S/C17H24N2O4/c1-6-23-16(22)13-9-7-8-10-14(13)18-15(21)11-19(12(2)20)17(3,4)5/h7-10H,6,11H2,1-5H3,(H,18,21). The van der Waals surface area contributed by atoms with Crippen LogP contribution in [-0.4, -0.2) is 41.4 Å². The van der Waals surface area contributed by atoms with Crippen LogP contribution in [0.1, 0.15) is 45.0 Å². The van der Waals surface area contributed by atoms with Crippen molar-refractivity contribution >= 4 is 23.5 Å². The van der Waals surface area contributed by atoms with Gasteiger partial charge in [-0.1, -0.05) is 12.1 Å². The number of hydrogen-bond donors (Lipinski definition) is 1. The first-order chi connectivity index (χ1) is 10.7. The van der Waals surface area contributed by atoms with Crippen LogP contribution in [0.5, 0.6) is 0 Å². The second-order valence-corrected chi connectivity index (χ2v) is 6.09. The zero-order valence-electron chi connectivity index (χ0n) is 14.3. The Bertz CT molecular complexity index is 591. The fourth-order valence-corrected chi connectivity index (χ4v) is 2.13. The van der Waals surface area contributed by atoms with Crippen LogP contribution in [0.15, 0.2) is 24.3 Å². The summed E-state index contributed by atoms with van der Waals surface area (Å²) < 4.78 is 4.97. The first kappa shape index (κ1) is 18.7. The van der Waals surface area contributed by atoms with Crippen LogP contribution in [0.2, 0.25) is 0 Å². The summed E-state index contributed by atoms with van der Waals surface area (Å²) in [7, 11) is 0. The van der Waals surface area contributed by atoms with Gasteiger partial charge in [-0.2, -0.15) is 0 Å². The van der Waals surface area contributed by atoms with Crippen molar-refractivity contribution in [1.82, 2.24) is 4.90 Å². The molecule has 0 radical (unpaired) electrons. The van der Waals surface area contributed by atoms with Gasteiger partial charge in [0.25, 0.3) is 0 Å². The molecule has 1 N–H and O–H groups in total. The molecule has 23 heavy (non-hydrogen) atoms. The van der Waals surface area contributed by atoms with E-state index in [9.17, 15) is 14.4 Å². The number of nitrogens with zero attached hydrogens (tertiary/aromatic N) is 1. The number of anilines is 1. The predicted octanol–water partition coefficient (Wildman–Crippen LogP) is 2.45. The average Bonchev–Trinajstić information content (AvgIpc) is 2.44. The molecular weight excluding hydrogens is 296 g/mol. The van der Waals surface area contributed by atoms with E-state index in [0.717, 1.165) is 0 Å². The SMILES string of the molecule is CCOC(=O)c1ccccc1NC(=O)CN(C(C)=O)C(C)(C)C. The Labute approximate surface area is 136 Å². The number of para-hydroxylation sites is 1. The molecule has 0 saturated carbocycles. The van der Waals surface area contributed by atoms with Gasteiger partial charge in [0, 0.05) is 12.5 Å². The van der Waals surface area contributed by atoms with Crippen LogP contribution in [0.4, 0.5) is 5.69 Å². The average molecular weight is 320 g/mol. The number of nitrogens with one attached hydrogen (secondary N) is 1. The van der Waals surface area contributed by atoms with Gasteiger partial charge < -0.3 is 15.0 Å². The second-order valence-electron chi connectivity index (χ2n) is 6.09. The molecule has 0 fully saturated rings. The quantitative estimate of drug-likeness (QED) is 0.846. The van der Waals surface area contributed by atoms with Crippen molar-refractivity contribution in [3.05, 3.63) is 29.8 Å². The van der Waals surface area contributed by atoms with Crippen molar-refractivity contribution in [1.29, 1.82) is 0 Å². The molecule has 1 aromatic carbocycles. The Morgan fingerprint density at radius 3 is 2.30 bits per heavy atom. The minimum absolute atomic E-state index is 0.0873. The first-order valence-electron chi connectivity index (χ1n) is 7.51. The lowest BCUT2D eigenvalue weighted by Crippen LogP contribution is -2.48. The Hall–Kier alpha value is -2.37. The third-order valence-electron chi connectivity index (χ3n) is 3.19. The van der Waals surface area contributed by atoms with Crippen LogP contribution in [-0.2, 0) is 14.3 Å². The van der Waals surface area contributed by atoms with Crippen LogP contribution >= 0.6 is 0 Å². The van der Waals surface area contributed by atoms with Crippen molar-refractivity contribution in [3.8, 4) is 0 Å². The summed E-state index contributed by atoms with van der Waals surface area (Å²) in [5.74, 6) is -1.05. The molecule has 0 atom stereocenters. The maximum absolute atomic E-state index is 12.2. The molecule has 0 unspecified atom stereocenters. The van der Waals surface area contributed by atoms with Gasteiger partial charge in [0.05, 0.1) is 17.9 Å². The number of amides is 2. The lowest BCUT2D eigenvalue weighted by atomic mass is 10.1. The van der Waals surface area contributed by atoms with Gasteiger partial charge in [0.2, 0.25) is 11.8 Å². The summed E-state index contributed by atoms with van der Waals surface area (Å²) >= 11 is 0. The van der Waals surface area contributed by atoms with Crippen molar-refractivity contribution in [2.45, 2.75) is 40.2 Å². The van der Waals surface area contributed by atoms with Gasteiger partial charge in [-0.25, -0.2) is 4.79 Å². The summed E-state index contributed by atoms with van der Waals surface area (Å²) in [5.41, 5.74) is 0.185. The summed E-state index contributed by atoms with van der Waals surface area (Å²) in [5, 5.41) is 2.67. The topological polar surface area (TPSA) is 75.7 Å². The van der Waals surface area contributed by atoms with Gasteiger partial charge in [0.1, 0.15) is 6.54 Å². The number of carbonyl (C=O) groups excluding carboxylic acids is 3. The zero-order chi connectivity index (χ0) is 17.6. The van der Waals surface area contributed by atoms with E-state index in [0.29, 0.717) is 5.69 Å². The highest BCUT2D eigenvalue weighted by atomic mass is 16.5.